The molecule has 1 fully saturated rings. The molecule has 1 aromatic carbocycles. The summed E-state index contributed by atoms with van der Waals surface area (Å²) in [6.45, 7) is 1.14. The Morgan fingerprint density at radius 2 is 2.12 bits per heavy atom. The Hall–Kier alpha value is -1.41. The first-order valence-corrected chi connectivity index (χ1v) is 6.01. The molecule has 2 heteroatoms. The Morgan fingerprint density at radius 1 is 1.19 bits per heavy atom. The quantitative estimate of drug-likeness (QED) is 0.786. The lowest BCUT2D eigenvalue weighted by atomic mass is 9.98. The van der Waals surface area contributed by atoms with E-state index in [4.69, 9.17) is 0 Å². The van der Waals surface area contributed by atoms with E-state index in [1.54, 1.807) is 0 Å². The van der Waals surface area contributed by atoms with E-state index < -0.39 is 0 Å². The van der Waals surface area contributed by atoms with Gasteiger partial charge in [0.05, 0.1) is 5.52 Å². The largest absolute Gasteiger partial charge is 0.310 e. The SMILES string of the molecule is c1ccc2ncc(C3CCCCN3)cc2c1. The van der Waals surface area contributed by atoms with E-state index >= 15 is 0 Å². The molecule has 1 atom stereocenters. The van der Waals surface area contributed by atoms with Crippen LogP contribution < -0.4 is 5.32 Å². The predicted molar refractivity (Wildman–Crippen MR) is 66.3 cm³/mol. The molecule has 1 aliphatic rings. The number of nitrogens with zero attached hydrogens (tertiary/aromatic N) is 1. The fourth-order valence-electron chi connectivity index (χ4n) is 2.41. The molecule has 16 heavy (non-hydrogen) atoms. The number of hydrogen-bond acceptors (Lipinski definition) is 2. The minimum atomic E-state index is 0.505. The Bertz CT molecular complexity index is 487. The number of para-hydroxylation sites is 1. The average molecular weight is 212 g/mol. The summed E-state index contributed by atoms with van der Waals surface area (Å²) < 4.78 is 0. The first kappa shape index (κ1) is 9.79. The molecule has 82 valence electrons. The van der Waals surface area contributed by atoms with Gasteiger partial charge in [0.25, 0.3) is 0 Å². The third-order valence-electron chi connectivity index (χ3n) is 3.32. The van der Waals surface area contributed by atoms with Crippen molar-refractivity contribution in [1.29, 1.82) is 0 Å². The van der Waals surface area contributed by atoms with Gasteiger partial charge in [0.2, 0.25) is 0 Å². The van der Waals surface area contributed by atoms with Crippen molar-refractivity contribution in [3.8, 4) is 0 Å². The van der Waals surface area contributed by atoms with E-state index in [0.29, 0.717) is 6.04 Å². The van der Waals surface area contributed by atoms with Crippen molar-refractivity contribution >= 4 is 10.9 Å². The number of rotatable bonds is 1. The standard InChI is InChI=1S/C14H16N2/c1-2-6-13-11(5-1)9-12(10-16-13)14-7-3-4-8-15-14/h1-2,5-6,9-10,14-15H,3-4,7-8H2. The van der Waals surface area contributed by atoms with E-state index in [0.717, 1.165) is 12.1 Å². The molecule has 0 amide bonds. The molecule has 1 N–H and O–H groups in total. The van der Waals surface area contributed by atoms with Gasteiger partial charge in [0.15, 0.2) is 0 Å². The third kappa shape index (κ3) is 1.81. The molecule has 0 bridgehead atoms. The molecule has 1 aliphatic heterocycles. The Morgan fingerprint density at radius 3 is 3.00 bits per heavy atom. The van der Waals surface area contributed by atoms with Gasteiger partial charge in [0, 0.05) is 17.6 Å². The molecule has 0 aliphatic carbocycles. The number of aromatic nitrogens is 1. The summed E-state index contributed by atoms with van der Waals surface area (Å²) in [7, 11) is 0. The van der Waals surface area contributed by atoms with Crippen LogP contribution in [0.25, 0.3) is 10.9 Å². The molecule has 2 nitrogen and oxygen atoms in total. The molecule has 1 aromatic heterocycles. The van der Waals surface area contributed by atoms with Crippen LogP contribution in [0.4, 0.5) is 0 Å². The second-order valence-electron chi connectivity index (χ2n) is 4.46. The summed E-state index contributed by atoms with van der Waals surface area (Å²) in [6.07, 6.45) is 5.88. The van der Waals surface area contributed by atoms with Crippen molar-refractivity contribution < 1.29 is 0 Å². The maximum absolute atomic E-state index is 4.52. The van der Waals surface area contributed by atoms with Crippen molar-refractivity contribution in [3.05, 3.63) is 42.1 Å². The molecule has 3 rings (SSSR count). The number of fused-ring (bicyclic) bond motifs is 1. The molecule has 1 unspecified atom stereocenters. The normalized spacial score (nSPS) is 21.1. The van der Waals surface area contributed by atoms with Gasteiger partial charge in [-0.25, -0.2) is 0 Å². The number of piperidine rings is 1. The highest BCUT2D eigenvalue weighted by Gasteiger charge is 2.14. The minimum absolute atomic E-state index is 0.505. The number of hydrogen-bond donors (Lipinski definition) is 1. The molecule has 0 spiro atoms. The Balaban J connectivity index is 1.97. The van der Waals surface area contributed by atoms with Gasteiger partial charge in [-0.3, -0.25) is 4.98 Å². The maximum atomic E-state index is 4.52. The smallest absolute Gasteiger partial charge is 0.0702 e. The Kier molecular flexibility index (Phi) is 2.58. The number of pyridine rings is 1. The van der Waals surface area contributed by atoms with Gasteiger partial charge in [0.1, 0.15) is 0 Å². The maximum Gasteiger partial charge on any atom is 0.0702 e. The predicted octanol–water partition coefficient (Wildman–Crippen LogP) is 3.05. The second kappa shape index (κ2) is 4.22. The van der Waals surface area contributed by atoms with E-state index in [1.165, 1.54) is 30.2 Å². The van der Waals surface area contributed by atoms with Crippen LogP contribution in [0.2, 0.25) is 0 Å². The van der Waals surface area contributed by atoms with Crippen molar-refractivity contribution in [1.82, 2.24) is 10.3 Å². The minimum Gasteiger partial charge on any atom is -0.310 e. The van der Waals surface area contributed by atoms with Gasteiger partial charge < -0.3 is 5.32 Å². The molecule has 1 saturated heterocycles. The van der Waals surface area contributed by atoms with Crippen LogP contribution in [0.5, 0.6) is 0 Å². The summed E-state index contributed by atoms with van der Waals surface area (Å²) in [6, 6.07) is 11.1. The molecular formula is C14H16N2. The summed E-state index contributed by atoms with van der Waals surface area (Å²) in [5.41, 5.74) is 2.42. The summed E-state index contributed by atoms with van der Waals surface area (Å²) in [5, 5.41) is 4.80. The molecular weight excluding hydrogens is 196 g/mol. The topological polar surface area (TPSA) is 24.9 Å². The van der Waals surface area contributed by atoms with Crippen LogP contribution in [0, 0.1) is 0 Å². The molecule has 0 saturated carbocycles. The van der Waals surface area contributed by atoms with E-state index in [2.05, 4.69) is 34.6 Å². The molecule has 2 aromatic rings. The van der Waals surface area contributed by atoms with Crippen molar-refractivity contribution in [2.75, 3.05) is 6.54 Å². The van der Waals surface area contributed by atoms with Gasteiger partial charge in [-0.1, -0.05) is 24.6 Å². The highest BCUT2D eigenvalue weighted by Crippen LogP contribution is 2.24. The van der Waals surface area contributed by atoms with Gasteiger partial charge >= 0.3 is 0 Å². The third-order valence-corrected chi connectivity index (χ3v) is 3.32. The zero-order chi connectivity index (χ0) is 10.8. The monoisotopic (exact) mass is 212 g/mol. The van der Waals surface area contributed by atoms with E-state index in [9.17, 15) is 0 Å². The van der Waals surface area contributed by atoms with Crippen LogP contribution in [-0.4, -0.2) is 11.5 Å². The number of benzene rings is 1. The van der Waals surface area contributed by atoms with Crippen LogP contribution in [-0.2, 0) is 0 Å². The summed E-state index contributed by atoms with van der Waals surface area (Å²) >= 11 is 0. The van der Waals surface area contributed by atoms with Gasteiger partial charge in [-0.05, 0) is 37.1 Å². The fourth-order valence-corrected chi connectivity index (χ4v) is 2.41. The van der Waals surface area contributed by atoms with E-state index in [1.807, 2.05) is 12.3 Å². The summed E-state index contributed by atoms with van der Waals surface area (Å²) in [4.78, 5) is 4.52. The fraction of sp³-hybridized carbons (Fsp3) is 0.357. The second-order valence-corrected chi connectivity index (χ2v) is 4.46. The summed E-state index contributed by atoms with van der Waals surface area (Å²) in [5.74, 6) is 0. The van der Waals surface area contributed by atoms with Crippen LogP contribution in [0.3, 0.4) is 0 Å². The molecule has 0 radical (unpaired) electrons. The highest BCUT2D eigenvalue weighted by molar-refractivity contribution is 5.78. The van der Waals surface area contributed by atoms with E-state index in [-0.39, 0.29) is 0 Å². The van der Waals surface area contributed by atoms with Crippen molar-refractivity contribution in [2.45, 2.75) is 25.3 Å². The lowest BCUT2D eigenvalue weighted by molar-refractivity contribution is 0.412. The highest BCUT2D eigenvalue weighted by atomic mass is 14.9. The zero-order valence-corrected chi connectivity index (χ0v) is 9.32. The zero-order valence-electron chi connectivity index (χ0n) is 9.32. The lowest BCUT2D eigenvalue weighted by Crippen LogP contribution is -2.26. The number of nitrogens with one attached hydrogen (secondary N) is 1. The van der Waals surface area contributed by atoms with Gasteiger partial charge in [-0.15, -0.1) is 0 Å². The van der Waals surface area contributed by atoms with Gasteiger partial charge in [-0.2, -0.15) is 0 Å². The lowest BCUT2D eigenvalue weighted by Gasteiger charge is -2.23. The average Bonchev–Trinajstić information content (AvgIpc) is 2.39. The van der Waals surface area contributed by atoms with Crippen LogP contribution in [0.1, 0.15) is 30.9 Å². The van der Waals surface area contributed by atoms with Crippen LogP contribution >= 0.6 is 0 Å². The Labute approximate surface area is 95.7 Å². The first-order valence-electron chi connectivity index (χ1n) is 6.01. The van der Waals surface area contributed by atoms with Crippen molar-refractivity contribution in [3.63, 3.8) is 0 Å². The molecule has 2 heterocycles. The first-order chi connectivity index (χ1) is 7.93. The van der Waals surface area contributed by atoms with Crippen molar-refractivity contribution in [2.24, 2.45) is 0 Å². The van der Waals surface area contributed by atoms with Crippen LogP contribution in [0.15, 0.2) is 36.5 Å².